The molecule has 5 nitrogen and oxygen atoms in total. The SMILES string of the molecule is CCOc1ccc(C(C#N)Cc2ccc([N+](=O)[O-])cc2)cc1. The minimum atomic E-state index is -0.433. The summed E-state index contributed by atoms with van der Waals surface area (Å²) in [7, 11) is 0. The first-order chi connectivity index (χ1) is 10.6. The van der Waals surface area contributed by atoms with Crippen LogP contribution >= 0.6 is 0 Å². The molecule has 0 aliphatic heterocycles. The molecule has 2 rings (SSSR count). The van der Waals surface area contributed by atoms with Gasteiger partial charge in [0, 0.05) is 12.1 Å². The molecule has 0 saturated heterocycles. The van der Waals surface area contributed by atoms with Gasteiger partial charge in [0.2, 0.25) is 0 Å². The van der Waals surface area contributed by atoms with Crippen molar-refractivity contribution < 1.29 is 9.66 Å². The van der Waals surface area contributed by atoms with Crippen molar-refractivity contribution in [3.63, 3.8) is 0 Å². The highest BCUT2D eigenvalue weighted by atomic mass is 16.6. The smallest absolute Gasteiger partial charge is 0.269 e. The predicted molar refractivity (Wildman–Crippen MR) is 82.8 cm³/mol. The first-order valence-electron chi connectivity index (χ1n) is 6.99. The van der Waals surface area contributed by atoms with E-state index >= 15 is 0 Å². The summed E-state index contributed by atoms with van der Waals surface area (Å²) in [6, 6.07) is 16.0. The molecule has 1 unspecified atom stereocenters. The zero-order valence-electron chi connectivity index (χ0n) is 12.2. The van der Waals surface area contributed by atoms with Gasteiger partial charge in [-0.05, 0) is 36.6 Å². The molecule has 0 spiro atoms. The molecule has 22 heavy (non-hydrogen) atoms. The summed E-state index contributed by atoms with van der Waals surface area (Å²) in [6.45, 7) is 2.52. The van der Waals surface area contributed by atoms with Gasteiger partial charge in [-0.3, -0.25) is 10.1 Å². The zero-order chi connectivity index (χ0) is 15.9. The standard InChI is InChI=1S/C17H16N2O3/c1-2-22-17-9-5-14(6-10-17)15(12-18)11-13-3-7-16(8-4-13)19(20)21/h3-10,15H,2,11H2,1H3. The molecule has 0 heterocycles. The van der Waals surface area contributed by atoms with Gasteiger partial charge in [0.15, 0.2) is 0 Å². The van der Waals surface area contributed by atoms with E-state index < -0.39 is 4.92 Å². The van der Waals surface area contributed by atoms with Crippen LogP contribution < -0.4 is 4.74 Å². The summed E-state index contributed by atoms with van der Waals surface area (Å²) in [5, 5.41) is 20.0. The van der Waals surface area contributed by atoms with Gasteiger partial charge in [-0.2, -0.15) is 5.26 Å². The first kappa shape index (κ1) is 15.5. The van der Waals surface area contributed by atoms with E-state index in [2.05, 4.69) is 6.07 Å². The fourth-order valence-corrected chi connectivity index (χ4v) is 2.19. The van der Waals surface area contributed by atoms with Crippen LogP contribution in [0.1, 0.15) is 24.0 Å². The number of hydrogen-bond donors (Lipinski definition) is 0. The van der Waals surface area contributed by atoms with Crippen LogP contribution in [0.3, 0.4) is 0 Å². The Morgan fingerprint density at radius 1 is 1.18 bits per heavy atom. The Balaban J connectivity index is 2.11. The van der Waals surface area contributed by atoms with Crippen molar-refractivity contribution in [3.05, 3.63) is 69.8 Å². The van der Waals surface area contributed by atoms with Crippen LogP contribution in [0.15, 0.2) is 48.5 Å². The molecular formula is C17H16N2O3. The Labute approximate surface area is 128 Å². The maximum absolute atomic E-state index is 10.6. The topological polar surface area (TPSA) is 76.2 Å². The molecule has 112 valence electrons. The Morgan fingerprint density at radius 3 is 2.32 bits per heavy atom. The lowest BCUT2D eigenvalue weighted by Gasteiger charge is -2.10. The fourth-order valence-electron chi connectivity index (χ4n) is 2.19. The van der Waals surface area contributed by atoms with E-state index in [1.165, 1.54) is 12.1 Å². The second-order valence-electron chi connectivity index (χ2n) is 4.81. The first-order valence-corrected chi connectivity index (χ1v) is 6.99. The van der Waals surface area contributed by atoms with E-state index in [0.717, 1.165) is 16.9 Å². The van der Waals surface area contributed by atoms with Crippen molar-refractivity contribution in [2.75, 3.05) is 6.61 Å². The van der Waals surface area contributed by atoms with Crippen molar-refractivity contribution in [1.82, 2.24) is 0 Å². The van der Waals surface area contributed by atoms with E-state index in [0.29, 0.717) is 13.0 Å². The van der Waals surface area contributed by atoms with Gasteiger partial charge in [-0.25, -0.2) is 0 Å². The quantitative estimate of drug-likeness (QED) is 0.599. The fraction of sp³-hybridized carbons (Fsp3) is 0.235. The maximum Gasteiger partial charge on any atom is 0.269 e. The summed E-state index contributed by atoms with van der Waals surface area (Å²) in [4.78, 5) is 10.2. The number of ether oxygens (including phenoxy) is 1. The number of nitriles is 1. The molecule has 0 aliphatic carbocycles. The summed E-state index contributed by atoms with van der Waals surface area (Å²) >= 11 is 0. The van der Waals surface area contributed by atoms with Crippen molar-refractivity contribution in [2.24, 2.45) is 0 Å². The summed E-state index contributed by atoms with van der Waals surface area (Å²) in [5.74, 6) is 0.482. The van der Waals surface area contributed by atoms with Crippen molar-refractivity contribution in [2.45, 2.75) is 19.3 Å². The molecule has 0 aromatic heterocycles. The van der Waals surface area contributed by atoms with Crippen LogP contribution in [0, 0.1) is 21.4 Å². The summed E-state index contributed by atoms with van der Waals surface area (Å²) in [5.41, 5.74) is 1.86. The van der Waals surface area contributed by atoms with Gasteiger partial charge in [0.1, 0.15) is 5.75 Å². The third-order valence-electron chi connectivity index (χ3n) is 3.34. The number of non-ortho nitro benzene ring substituents is 1. The van der Waals surface area contributed by atoms with Crippen LogP contribution in [0.2, 0.25) is 0 Å². The Morgan fingerprint density at radius 2 is 1.82 bits per heavy atom. The largest absolute Gasteiger partial charge is 0.494 e. The number of nitro groups is 1. The number of nitro benzene ring substituents is 1. The minimum absolute atomic E-state index is 0.0540. The van der Waals surface area contributed by atoms with Crippen LogP contribution in [-0.2, 0) is 6.42 Å². The molecule has 0 bridgehead atoms. The van der Waals surface area contributed by atoms with E-state index in [4.69, 9.17) is 4.74 Å². The van der Waals surface area contributed by atoms with Gasteiger partial charge < -0.3 is 4.74 Å². The number of rotatable bonds is 6. The van der Waals surface area contributed by atoms with Crippen LogP contribution in [0.5, 0.6) is 5.75 Å². The second kappa shape index (κ2) is 7.23. The van der Waals surface area contributed by atoms with Crippen molar-refractivity contribution in [3.8, 4) is 11.8 Å². The molecule has 2 aromatic carbocycles. The molecule has 0 fully saturated rings. The molecule has 0 aliphatic rings. The summed E-state index contributed by atoms with van der Waals surface area (Å²) < 4.78 is 5.38. The van der Waals surface area contributed by atoms with Crippen molar-refractivity contribution >= 4 is 5.69 Å². The predicted octanol–water partition coefficient (Wildman–Crippen LogP) is 3.84. The van der Waals surface area contributed by atoms with Crippen LogP contribution in [-0.4, -0.2) is 11.5 Å². The third kappa shape index (κ3) is 3.83. The highest BCUT2D eigenvalue weighted by Gasteiger charge is 2.13. The Kier molecular flexibility index (Phi) is 5.10. The maximum atomic E-state index is 10.6. The minimum Gasteiger partial charge on any atom is -0.494 e. The van der Waals surface area contributed by atoms with Gasteiger partial charge in [-0.15, -0.1) is 0 Å². The molecule has 0 N–H and O–H groups in total. The van der Waals surface area contributed by atoms with Crippen molar-refractivity contribution in [1.29, 1.82) is 5.26 Å². The number of hydrogen-bond acceptors (Lipinski definition) is 4. The molecule has 0 saturated carbocycles. The third-order valence-corrected chi connectivity index (χ3v) is 3.34. The van der Waals surface area contributed by atoms with Gasteiger partial charge in [0.25, 0.3) is 5.69 Å². The van der Waals surface area contributed by atoms with Crippen LogP contribution in [0.4, 0.5) is 5.69 Å². The number of nitrogens with zero attached hydrogens (tertiary/aromatic N) is 2. The van der Waals surface area contributed by atoms with Gasteiger partial charge in [-0.1, -0.05) is 24.3 Å². The highest BCUT2D eigenvalue weighted by molar-refractivity contribution is 5.36. The molecule has 1 atom stereocenters. The van der Waals surface area contributed by atoms with Gasteiger partial charge in [0.05, 0.1) is 23.5 Å². The molecule has 2 aromatic rings. The Bertz CT molecular complexity index is 673. The second-order valence-corrected chi connectivity index (χ2v) is 4.81. The van der Waals surface area contributed by atoms with E-state index in [1.54, 1.807) is 12.1 Å². The lowest BCUT2D eigenvalue weighted by atomic mass is 9.93. The Hall–Kier alpha value is -2.87. The summed E-state index contributed by atoms with van der Waals surface area (Å²) in [6.07, 6.45) is 0.516. The molecule has 5 heteroatoms. The highest BCUT2D eigenvalue weighted by Crippen LogP contribution is 2.24. The average Bonchev–Trinajstić information content (AvgIpc) is 2.54. The normalized spacial score (nSPS) is 11.5. The molecule has 0 radical (unpaired) electrons. The monoisotopic (exact) mass is 296 g/mol. The van der Waals surface area contributed by atoms with Crippen LogP contribution in [0.25, 0.3) is 0 Å². The van der Waals surface area contributed by atoms with E-state index in [9.17, 15) is 15.4 Å². The number of benzene rings is 2. The van der Waals surface area contributed by atoms with E-state index in [1.807, 2.05) is 31.2 Å². The molecular weight excluding hydrogens is 280 g/mol. The molecule has 0 amide bonds. The lowest BCUT2D eigenvalue weighted by molar-refractivity contribution is -0.384. The van der Waals surface area contributed by atoms with Gasteiger partial charge >= 0.3 is 0 Å². The average molecular weight is 296 g/mol. The lowest BCUT2D eigenvalue weighted by Crippen LogP contribution is -2.01. The van der Waals surface area contributed by atoms with E-state index in [-0.39, 0.29) is 11.6 Å². The zero-order valence-corrected chi connectivity index (χ0v) is 12.2.